The first kappa shape index (κ1) is 39.1. The van der Waals surface area contributed by atoms with Gasteiger partial charge in [-0.05, 0) is 168 Å². The van der Waals surface area contributed by atoms with Crippen LogP contribution in [0.25, 0.3) is 114 Å². The SMILES string of the molecule is C=C/C=C(\C=C)c1cc2c3ccccc3c(-c3ccc4cc(-c5cc6c7ccccc7c(-c7ccccc7)cc6c6ccccc56)ccc4c3)cc2c2ccccc12.CC(C)C1C=C1. The molecule has 0 saturated carbocycles. The lowest BCUT2D eigenvalue weighted by atomic mass is 9.86. The van der Waals surface area contributed by atoms with E-state index in [-0.39, 0.29) is 0 Å². The molecule has 11 aromatic carbocycles. The van der Waals surface area contributed by atoms with Crippen LogP contribution in [0.15, 0.2) is 232 Å². The second kappa shape index (κ2) is 16.2. The molecule has 1 aliphatic rings. The van der Waals surface area contributed by atoms with E-state index < -0.39 is 0 Å². The second-order valence-corrected chi connectivity index (χ2v) is 17.5. The van der Waals surface area contributed by atoms with Crippen molar-refractivity contribution in [2.45, 2.75) is 13.8 Å². The van der Waals surface area contributed by atoms with Gasteiger partial charge in [0.25, 0.3) is 0 Å². The zero-order chi connectivity index (χ0) is 43.3. The Labute approximate surface area is 375 Å². The van der Waals surface area contributed by atoms with Crippen molar-refractivity contribution in [3.05, 3.63) is 237 Å². The Morgan fingerprint density at radius 1 is 0.391 bits per heavy atom. The van der Waals surface area contributed by atoms with E-state index in [9.17, 15) is 0 Å². The van der Waals surface area contributed by atoms with Crippen molar-refractivity contribution >= 4 is 81.0 Å². The van der Waals surface area contributed by atoms with Gasteiger partial charge in [0.1, 0.15) is 0 Å². The van der Waals surface area contributed by atoms with E-state index in [1.807, 2.05) is 18.2 Å². The average molecular weight is 817 g/mol. The third-order valence-corrected chi connectivity index (χ3v) is 13.3. The maximum Gasteiger partial charge on any atom is -0.00300 e. The van der Waals surface area contributed by atoms with Crippen molar-refractivity contribution in [1.29, 1.82) is 0 Å². The summed E-state index contributed by atoms with van der Waals surface area (Å²) in [4.78, 5) is 0. The van der Waals surface area contributed by atoms with E-state index in [4.69, 9.17) is 0 Å². The number of benzene rings is 11. The first-order valence-electron chi connectivity index (χ1n) is 22.5. The third kappa shape index (κ3) is 6.80. The van der Waals surface area contributed by atoms with Crippen molar-refractivity contribution in [1.82, 2.24) is 0 Å². The van der Waals surface area contributed by atoms with Gasteiger partial charge in [0, 0.05) is 0 Å². The highest BCUT2D eigenvalue weighted by Crippen LogP contribution is 2.44. The lowest BCUT2D eigenvalue weighted by Gasteiger charge is -2.17. The van der Waals surface area contributed by atoms with E-state index in [0.29, 0.717) is 0 Å². The first-order chi connectivity index (χ1) is 31.5. The number of hydrogen-bond acceptors (Lipinski definition) is 0. The Morgan fingerprint density at radius 2 is 0.781 bits per heavy atom. The lowest BCUT2D eigenvalue weighted by Crippen LogP contribution is -1.91. The van der Waals surface area contributed by atoms with Crippen LogP contribution in [-0.4, -0.2) is 0 Å². The maximum absolute atomic E-state index is 4.14. The minimum Gasteiger partial charge on any atom is -0.0990 e. The lowest BCUT2D eigenvalue weighted by molar-refractivity contribution is 0.601. The zero-order valence-electron chi connectivity index (χ0n) is 36.4. The highest BCUT2D eigenvalue weighted by molar-refractivity contribution is 6.25. The largest absolute Gasteiger partial charge is 0.0990 e. The minimum atomic E-state index is 0.852. The molecule has 0 aromatic heterocycles. The third-order valence-electron chi connectivity index (χ3n) is 13.3. The van der Waals surface area contributed by atoms with Crippen LogP contribution >= 0.6 is 0 Å². The van der Waals surface area contributed by atoms with E-state index in [0.717, 1.165) is 17.4 Å². The van der Waals surface area contributed by atoms with Crippen molar-refractivity contribution < 1.29 is 0 Å². The van der Waals surface area contributed by atoms with E-state index in [1.165, 1.54) is 114 Å². The van der Waals surface area contributed by atoms with E-state index >= 15 is 0 Å². The maximum atomic E-state index is 4.14. The van der Waals surface area contributed by atoms with Crippen molar-refractivity contribution in [2.75, 3.05) is 0 Å². The summed E-state index contributed by atoms with van der Waals surface area (Å²) in [5, 5.41) is 17.5. The Morgan fingerprint density at radius 3 is 1.19 bits per heavy atom. The van der Waals surface area contributed by atoms with Gasteiger partial charge in [0.05, 0.1) is 0 Å². The number of rotatable bonds is 7. The standard InChI is InChI=1S/C58H38.C6H10/c1-3-16-37(4-2)51-33-55-49-25-14-10-21-45(49)53(35-57(55)47-23-12-8-19-43(47)51)41-29-27-40-32-42(30-28-39(40)31-41)54-36-58-48-24-13-9-20-44(48)52(38-17-6-5-7-18-38)34-56(58)50-26-15-11-22-46(50)54;1-5(2)6-3-4-6/h3-36H,1-2H2;3-6H,1-2H3/b37-16+;. The molecule has 0 bridgehead atoms. The van der Waals surface area contributed by atoms with Crippen LogP contribution in [-0.2, 0) is 0 Å². The molecule has 0 fully saturated rings. The number of hydrogen-bond donors (Lipinski definition) is 0. The van der Waals surface area contributed by atoms with Crippen LogP contribution in [0.4, 0.5) is 0 Å². The van der Waals surface area contributed by atoms with Gasteiger partial charge in [-0.1, -0.05) is 209 Å². The molecule has 0 spiro atoms. The predicted molar refractivity (Wildman–Crippen MR) is 281 cm³/mol. The fourth-order valence-electron chi connectivity index (χ4n) is 9.96. The highest BCUT2D eigenvalue weighted by atomic mass is 14.2. The topological polar surface area (TPSA) is 0 Å². The van der Waals surface area contributed by atoms with Gasteiger partial charge in [-0.3, -0.25) is 0 Å². The van der Waals surface area contributed by atoms with Crippen LogP contribution in [0.1, 0.15) is 19.4 Å². The summed E-state index contributed by atoms with van der Waals surface area (Å²) in [7, 11) is 0. The van der Waals surface area contributed by atoms with Crippen LogP contribution in [0, 0.1) is 11.8 Å². The van der Waals surface area contributed by atoms with Crippen LogP contribution in [0.3, 0.4) is 0 Å². The molecule has 0 heterocycles. The van der Waals surface area contributed by atoms with Crippen molar-refractivity contribution in [2.24, 2.45) is 11.8 Å². The first-order valence-corrected chi connectivity index (χ1v) is 22.5. The molecule has 0 aliphatic heterocycles. The molecule has 11 aromatic rings. The van der Waals surface area contributed by atoms with Gasteiger partial charge in [-0.2, -0.15) is 0 Å². The number of fused-ring (bicyclic) bond motifs is 11. The monoisotopic (exact) mass is 816 g/mol. The van der Waals surface area contributed by atoms with Crippen molar-refractivity contribution in [3.8, 4) is 33.4 Å². The Hall–Kier alpha value is -7.80. The molecule has 0 nitrogen and oxygen atoms in total. The predicted octanol–water partition coefficient (Wildman–Crippen LogP) is 18.3. The summed E-state index contributed by atoms with van der Waals surface area (Å²) in [5.74, 6) is 1.70. The van der Waals surface area contributed by atoms with Gasteiger partial charge in [-0.25, -0.2) is 0 Å². The summed E-state index contributed by atoms with van der Waals surface area (Å²) in [6.07, 6.45) is 10.3. The second-order valence-electron chi connectivity index (χ2n) is 17.5. The van der Waals surface area contributed by atoms with Crippen LogP contribution in [0.5, 0.6) is 0 Å². The molecule has 64 heavy (non-hydrogen) atoms. The molecular formula is C64H48. The quantitative estimate of drug-likeness (QED) is 0.0854. The molecule has 0 atom stereocenters. The molecule has 0 heteroatoms. The van der Waals surface area contributed by atoms with E-state index in [1.54, 1.807) is 0 Å². The molecule has 304 valence electrons. The van der Waals surface area contributed by atoms with Gasteiger partial charge >= 0.3 is 0 Å². The summed E-state index contributed by atoms with van der Waals surface area (Å²) in [6.45, 7) is 12.6. The molecule has 0 amide bonds. The molecule has 0 unspecified atom stereocenters. The molecule has 0 N–H and O–H groups in total. The molecule has 1 aliphatic carbocycles. The Bertz CT molecular complexity index is 3720. The highest BCUT2D eigenvalue weighted by Gasteiger charge is 2.18. The van der Waals surface area contributed by atoms with Gasteiger partial charge < -0.3 is 0 Å². The number of allylic oxidation sites excluding steroid dienone is 6. The summed E-state index contributed by atoms with van der Waals surface area (Å²) in [5.41, 5.74) is 9.65. The summed E-state index contributed by atoms with van der Waals surface area (Å²) < 4.78 is 0. The smallest absolute Gasteiger partial charge is 0.00300 e. The van der Waals surface area contributed by atoms with Crippen LogP contribution < -0.4 is 0 Å². The molecule has 12 rings (SSSR count). The van der Waals surface area contributed by atoms with Gasteiger partial charge in [-0.15, -0.1) is 0 Å². The average Bonchev–Trinajstić information content (AvgIpc) is 4.22. The minimum absolute atomic E-state index is 0.852. The summed E-state index contributed by atoms with van der Waals surface area (Å²) >= 11 is 0. The Balaban J connectivity index is 0.000000705. The van der Waals surface area contributed by atoms with Crippen LogP contribution in [0.2, 0.25) is 0 Å². The molecular weight excluding hydrogens is 769 g/mol. The van der Waals surface area contributed by atoms with E-state index in [2.05, 4.69) is 227 Å². The molecule has 0 saturated heterocycles. The fourth-order valence-corrected chi connectivity index (χ4v) is 9.96. The fraction of sp³-hybridized carbons (Fsp3) is 0.0625. The molecule has 0 radical (unpaired) electrons. The van der Waals surface area contributed by atoms with Crippen molar-refractivity contribution in [3.63, 3.8) is 0 Å². The normalized spacial score (nSPS) is 12.8. The summed E-state index contributed by atoms with van der Waals surface area (Å²) in [6, 6.07) is 69.6. The Kier molecular flexibility index (Phi) is 9.86. The zero-order valence-corrected chi connectivity index (χ0v) is 36.4. The van der Waals surface area contributed by atoms with Gasteiger partial charge in [0.2, 0.25) is 0 Å². The van der Waals surface area contributed by atoms with Gasteiger partial charge in [0.15, 0.2) is 0 Å².